The van der Waals surface area contributed by atoms with Crippen molar-refractivity contribution in [2.24, 2.45) is 41.4 Å². The lowest BCUT2D eigenvalue weighted by atomic mass is 9.67. The number of nitrogens with one attached hydrogen (secondary N) is 5. The van der Waals surface area contributed by atoms with Gasteiger partial charge in [-0.15, -0.1) is 23.2 Å². The first-order chi connectivity index (χ1) is 46.3. The Balaban J connectivity index is 0.510. The molecular weight excluding hydrogens is 1260 g/mol. The highest BCUT2D eigenvalue weighted by Gasteiger charge is 2.51. The van der Waals surface area contributed by atoms with Crippen molar-refractivity contribution in [3.8, 4) is 6.07 Å². The molecule has 0 bridgehead atoms. The van der Waals surface area contributed by atoms with Crippen molar-refractivity contribution in [1.29, 1.82) is 5.26 Å². The number of imide groups is 1. The van der Waals surface area contributed by atoms with Gasteiger partial charge in [0.15, 0.2) is 6.35 Å². The van der Waals surface area contributed by atoms with Gasteiger partial charge in [-0.25, -0.2) is 4.79 Å². The summed E-state index contributed by atoms with van der Waals surface area (Å²) in [5.74, 6) is 1.86. The molecule has 10 aliphatic rings. The summed E-state index contributed by atoms with van der Waals surface area (Å²) in [6.45, 7) is 13.4. The van der Waals surface area contributed by atoms with Gasteiger partial charge in [-0.3, -0.25) is 44.9 Å². The Morgan fingerprint density at radius 2 is 1.48 bits per heavy atom. The lowest BCUT2D eigenvalue weighted by Gasteiger charge is -2.56. The van der Waals surface area contributed by atoms with Crippen LogP contribution in [0.15, 0.2) is 12.2 Å². The van der Waals surface area contributed by atoms with Gasteiger partial charge in [-0.1, -0.05) is 51.0 Å². The molecule has 536 valence electrons. The quantitative estimate of drug-likeness (QED) is 0.0232. The lowest BCUT2D eigenvalue weighted by Crippen LogP contribution is -2.74. The van der Waals surface area contributed by atoms with Gasteiger partial charge < -0.3 is 58.7 Å². The number of unbranched alkanes of at least 4 members (excludes halogenated alkanes) is 2. The maximum absolute atomic E-state index is 13.8. The number of hydrogen-bond donors (Lipinski definition) is 5. The molecule has 0 spiro atoms. The van der Waals surface area contributed by atoms with Gasteiger partial charge in [0, 0.05) is 118 Å². The number of piperidine rings is 2. The van der Waals surface area contributed by atoms with E-state index in [2.05, 4.69) is 59.3 Å². The van der Waals surface area contributed by atoms with E-state index in [0.29, 0.717) is 148 Å². The second-order valence-electron chi connectivity index (χ2n) is 29.4. The Morgan fingerprint density at radius 3 is 2.23 bits per heavy atom. The smallest absolute Gasteiger partial charge is 0.315 e. The van der Waals surface area contributed by atoms with E-state index in [1.807, 2.05) is 18.0 Å². The third-order valence-corrected chi connectivity index (χ3v) is 23.8. The van der Waals surface area contributed by atoms with Gasteiger partial charge in [0.2, 0.25) is 23.6 Å². The zero-order valence-electron chi connectivity index (χ0n) is 57.3. The van der Waals surface area contributed by atoms with Crippen molar-refractivity contribution >= 4 is 52.9 Å². The van der Waals surface area contributed by atoms with E-state index in [9.17, 15) is 29.2 Å². The molecule has 0 aromatic rings. The predicted octanol–water partition coefficient (Wildman–Crippen LogP) is 5.48. The summed E-state index contributed by atoms with van der Waals surface area (Å²) < 4.78 is 35.4. The molecule has 0 radical (unpaired) electrons. The number of carbonyl (C=O) groups is 5. The molecule has 25 heteroatoms. The van der Waals surface area contributed by atoms with Gasteiger partial charge >= 0.3 is 6.03 Å². The number of alkyl halides is 2. The van der Waals surface area contributed by atoms with E-state index >= 15 is 0 Å². The van der Waals surface area contributed by atoms with E-state index in [1.54, 1.807) is 11.0 Å². The van der Waals surface area contributed by atoms with Crippen LogP contribution >= 0.6 is 23.2 Å². The van der Waals surface area contributed by atoms with Crippen molar-refractivity contribution < 1.29 is 52.4 Å². The Bertz CT molecular complexity index is 2490. The number of halogens is 2. The second kappa shape index (κ2) is 38.5. The number of likely N-dealkylation sites (tertiary alicyclic amines) is 3. The molecule has 0 aromatic carbocycles. The summed E-state index contributed by atoms with van der Waals surface area (Å²) in [5, 5.41) is 26.9. The lowest BCUT2D eigenvalue weighted by molar-refractivity contribution is -0.144. The van der Waals surface area contributed by atoms with E-state index in [4.69, 9.17) is 51.6 Å². The summed E-state index contributed by atoms with van der Waals surface area (Å²) >= 11 is 13.9. The summed E-state index contributed by atoms with van der Waals surface area (Å²) in [7, 11) is 4.22. The number of ether oxygens (including phenoxy) is 6. The van der Waals surface area contributed by atoms with Crippen LogP contribution in [0.5, 0.6) is 0 Å². The number of piperazine rings is 1. The van der Waals surface area contributed by atoms with Gasteiger partial charge in [-0.2, -0.15) is 5.26 Å². The van der Waals surface area contributed by atoms with Gasteiger partial charge in [0.05, 0.1) is 90.8 Å². The Labute approximate surface area is 576 Å². The van der Waals surface area contributed by atoms with Crippen LogP contribution in [0.1, 0.15) is 141 Å². The number of amides is 6. The molecule has 6 saturated heterocycles. The van der Waals surface area contributed by atoms with Gasteiger partial charge in [-0.05, 0) is 140 Å². The van der Waals surface area contributed by atoms with Crippen molar-refractivity contribution in [3.05, 3.63) is 12.2 Å². The molecule has 6 heterocycles. The number of carbonyl (C=O) groups excluding carboxylic acids is 5. The van der Waals surface area contributed by atoms with Crippen molar-refractivity contribution in [3.63, 3.8) is 0 Å². The predicted molar refractivity (Wildman–Crippen MR) is 363 cm³/mol. The third kappa shape index (κ3) is 21.8. The van der Waals surface area contributed by atoms with Crippen LogP contribution in [0.4, 0.5) is 4.79 Å². The first-order valence-electron chi connectivity index (χ1n) is 37.0. The topological polar surface area (TPSA) is 244 Å². The minimum absolute atomic E-state index is 0.0298. The summed E-state index contributed by atoms with van der Waals surface area (Å²) in [6, 6.07) is 2.75. The maximum atomic E-state index is 13.8. The van der Waals surface area contributed by atoms with E-state index in [-0.39, 0.29) is 102 Å². The SMILES string of the molecule is CN(C/C=C/C(=O)N1CCN(C2NC(OC[C@@H]3CCCN3C)NC3CN(C4CCCC5CCCC(Cl)C54)CCC32)C[C@@H]1CC#N)CCOCCOCCOCCOCCOCCCCCC1CC(Cl)CC(NC(=O)NCC2CCC3C(=O)N(C4CCC(=O)NC4=O)CC3C2)C1. The van der Waals surface area contributed by atoms with Crippen molar-refractivity contribution in [1.82, 2.24) is 56.0 Å². The first-order valence-corrected chi connectivity index (χ1v) is 37.9. The highest BCUT2D eigenvalue weighted by Crippen LogP contribution is 2.46. The molecule has 95 heavy (non-hydrogen) atoms. The average molecular weight is 1370 g/mol. The van der Waals surface area contributed by atoms with Crippen LogP contribution in [0.3, 0.4) is 0 Å². The number of nitrogens with zero attached hydrogens (tertiary/aromatic N) is 7. The van der Waals surface area contributed by atoms with Crippen LogP contribution in [-0.4, -0.2) is 271 Å². The standard InChI is InChI=1S/C70H116Cl2N12O11/c1-79(24-9-16-64(86)83-28-27-82(46-55(83)21-23-73)66-58-22-26-81(61-15-7-12-51-11-6-14-59(72)65(51)61)47-60(58)76-70(78-66)95-48-56-13-8-25-80(56)2)29-31-91-33-35-93-37-39-94-38-36-92-34-32-90-30-5-3-4-10-49-41-53(71)43-54(42-49)75-69(89)74-44-50-17-18-57-52(40-50)45-84(68(57)88)62-19-20-63(85)77-67(62)87/h9,16,49-62,65-66,70,76,78H,3-8,10-15,17-22,24-48H2,1-2H3,(H2,74,75,89)(H,77,85,87)/b16-9+/t49?,50?,51?,52?,53?,54?,55-,56-,57?,58?,59?,60?,61?,62?,65?,66?,70?/m0/s1. The minimum atomic E-state index is -0.563. The van der Waals surface area contributed by atoms with Crippen molar-refractivity contribution in [2.75, 3.05) is 152 Å². The fourth-order valence-electron chi connectivity index (χ4n) is 17.9. The normalized spacial score (nSPS) is 34.3. The number of likely N-dealkylation sites (N-methyl/N-ethyl adjacent to an activating group) is 2. The Hall–Kier alpha value is -3.32. The molecule has 10 fully saturated rings. The molecule has 10 rings (SSSR count). The molecule has 23 nitrogen and oxygen atoms in total. The second-order valence-corrected chi connectivity index (χ2v) is 30.6. The van der Waals surface area contributed by atoms with E-state index < -0.39 is 6.04 Å². The number of rotatable bonds is 34. The number of nitriles is 1. The molecular formula is C70H116Cl2N12O11. The summed E-state index contributed by atoms with van der Waals surface area (Å²) in [4.78, 5) is 77.6. The van der Waals surface area contributed by atoms with E-state index in [1.165, 1.54) is 38.5 Å². The highest BCUT2D eigenvalue weighted by atomic mass is 35.5. The summed E-state index contributed by atoms with van der Waals surface area (Å²) in [5.41, 5.74) is 0. The molecule has 6 aliphatic heterocycles. The van der Waals surface area contributed by atoms with E-state index in [0.717, 1.165) is 116 Å². The molecule has 4 aliphatic carbocycles. The molecule has 5 N–H and O–H groups in total. The number of fused-ring (bicyclic) bond motifs is 3. The molecule has 0 aromatic heterocycles. The molecule has 15 unspecified atom stereocenters. The fourth-order valence-corrected chi connectivity index (χ4v) is 18.9. The minimum Gasteiger partial charge on any atom is -0.379 e. The van der Waals surface area contributed by atoms with Crippen LogP contribution in [0, 0.1) is 52.8 Å². The summed E-state index contributed by atoms with van der Waals surface area (Å²) in [6.07, 6.45) is 24.7. The highest BCUT2D eigenvalue weighted by molar-refractivity contribution is 6.21. The number of urea groups is 1. The fraction of sp³-hybridized carbons (Fsp3) is 0.886. The zero-order chi connectivity index (χ0) is 66.5. The molecule has 6 amide bonds. The van der Waals surface area contributed by atoms with Crippen LogP contribution in [-0.2, 0) is 47.6 Å². The molecule has 17 atom stereocenters. The Morgan fingerprint density at radius 1 is 0.726 bits per heavy atom. The van der Waals surface area contributed by atoms with Crippen LogP contribution in [0.25, 0.3) is 0 Å². The molecule has 4 saturated carbocycles. The Kier molecular flexibility index (Phi) is 30.1. The maximum Gasteiger partial charge on any atom is 0.315 e. The third-order valence-electron chi connectivity index (χ3n) is 23.0. The largest absolute Gasteiger partial charge is 0.379 e. The number of hydrogen-bond acceptors (Lipinski definition) is 18. The van der Waals surface area contributed by atoms with Crippen molar-refractivity contribution in [2.45, 2.75) is 201 Å². The van der Waals surface area contributed by atoms with Gasteiger partial charge in [0.25, 0.3) is 0 Å². The van der Waals surface area contributed by atoms with Gasteiger partial charge in [0.1, 0.15) is 6.04 Å². The average Bonchev–Trinajstić information content (AvgIpc) is 1.59. The monoisotopic (exact) mass is 1370 g/mol. The van der Waals surface area contributed by atoms with Crippen LogP contribution in [0.2, 0.25) is 0 Å². The van der Waals surface area contributed by atoms with Crippen LogP contribution < -0.4 is 26.6 Å². The first kappa shape index (κ1) is 74.4. The zero-order valence-corrected chi connectivity index (χ0v) is 58.8.